The molecule has 2 heterocycles. The van der Waals surface area contributed by atoms with Gasteiger partial charge in [0.1, 0.15) is 5.54 Å². The maximum Gasteiger partial charge on any atom is 0.325 e. The molecule has 1 spiro atoms. The van der Waals surface area contributed by atoms with Gasteiger partial charge in [0.2, 0.25) is 5.91 Å². The molecule has 3 fully saturated rings. The Labute approximate surface area is 136 Å². The lowest BCUT2D eigenvalue weighted by atomic mass is 9.98. The van der Waals surface area contributed by atoms with Crippen LogP contribution in [0.4, 0.5) is 4.79 Å². The van der Waals surface area contributed by atoms with Gasteiger partial charge in [-0.25, -0.2) is 4.79 Å². The van der Waals surface area contributed by atoms with Crippen LogP contribution in [0.2, 0.25) is 0 Å². The number of nitrogens with zero attached hydrogens (tertiary/aromatic N) is 2. The minimum absolute atomic E-state index is 0.00132. The van der Waals surface area contributed by atoms with Crippen molar-refractivity contribution >= 4 is 17.8 Å². The van der Waals surface area contributed by atoms with Gasteiger partial charge in [0.25, 0.3) is 5.91 Å². The summed E-state index contributed by atoms with van der Waals surface area (Å²) in [6.07, 6.45) is 4.47. The van der Waals surface area contributed by atoms with E-state index in [1.54, 1.807) is 0 Å². The van der Waals surface area contributed by atoms with Crippen LogP contribution in [0.15, 0.2) is 0 Å². The first kappa shape index (κ1) is 16.2. The number of hydrogen-bond donors (Lipinski definition) is 2. The van der Waals surface area contributed by atoms with Gasteiger partial charge in [-0.15, -0.1) is 0 Å². The Kier molecular flexibility index (Phi) is 4.31. The van der Waals surface area contributed by atoms with Crippen LogP contribution >= 0.6 is 0 Å². The number of nitrogens with two attached hydrogens (primary N) is 1. The highest BCUT2D eigenvalue weighted by molar-refractivity contribution is 6.07. The van der Waals surface area contributed by atoms with E-state index in [9.17, 15) is 14.4 Å². The minimum atomic E-state index is -0.689. The van der Waals surface area contributed by atoms with Crippen molar-refractivity contribution in [1.29, 1.82) is 0 Å². The van der Waals surface area contributed by atoms with Crippen LogP contribution in [-0.4, -0.2) is 58.9 Å². The first-order valence-electron chi connectivity index (χ1n) is 8.60. The predicted octanol–water partition coefficient (Wildman–Crippen LogP) is 0.437. The van der Waals surface area contributed by atoms with Crippen LogP contribution in [0, 0.1) is 5.92 Å². The number of likely N-dealkylation sites (tertiary alicyclic amines) is 1. The van der Waals surface area contributed by atoms with Crippen molar-refractivity contribution in [3.8, 4) is 0 Å². The van der Waals surface area contributed by atoms with Crippen LogP contribution < -0.4 is 11.1 Å². The van der Waals surface area contributed by atoms with E-state index in [0.717, 1.165) is 19.3 Å². The second kappa shape index (κ2) is 6.11. The molecule has 2 unspecified atom stereocenters. The summed E-state index contributed by atoms with van der Waals surface area (Å²) >= 11 is 0. The second-order valence-electron chi connectivity index (χ2n) is 7.16. The molecule has 0 radical (unpaired) electrons. The maximum atomic E-state index is 12.5. The topological polar surface area (TPSA) is 95.7 Å². The number of carbonyl (C=O) groups excluding carboxylic acids is 3. The lowest BCUT2D eigenvalue weighted by Gasteiger charge is -2.23. The zero-order valence-electron chi connectivity index (χ0n) is 13.7. The summed E-state index contributed by atoms with van der Waals surface area (Å²) in [6.45, 7) is 3.46. The smallest absolute Gasteiger partial charge is 0.325 e. The molecule has 0 aromatic heterocycles. The average molecular weight is 322 g/mol. The number of imide groups is 1. The van der Waals surface area contributed by atoms with Crippen LogP contribution in [0.5, 0.6) is 0 Å². The molecular weight excluding hydrogens is 296 g/mol. The molecule has 128 valence electrons. The third-order valence-corrected chi connectivity index (χ3v) is 5.57. The molecule has 2 saturated heterocycles. The molecule has 7 nitrogen and oxygen atoms in total. The van der Waals surface area contributed by atoms with E-state index in [-0.39, 0.29) is 36.9 Å². The Balaban J connectivity index is 1.57. The molecule has 3 rings (SSSR count). The molecule has 23 heavy (non-hydrogen) atoms. The van der Waals surface area contributed by atoms with Gasteiger partial charge < -0.3 is 16.0 Å². The Hall–Kier alpha value is -1.63. The molecular formula is C16H26N4O3. The summed E-state index contributed by atoms with van der Waals surface area (Å²) in [5, 5.41) is 2.84. The van der Waals surface area contributed by atoms with Crippen LogP contribution in [0.1, 0.15) is 45.4 Å². The fourth-order valence-electron chi connectivity index (χ4n) is 4.21. The highest BCUT2D eigenvalue weighted by Gasteiger charge is 2.52. The van der Waals surface area contributed by atoms with E-state index >= 15 is 0 Å². The van der Waals surface area contributed by atoms with Crippen molar-refractivity contribution in [1.82, 2.24) is 15.1 Å². The number of hydrogen-bond acceptors (Lipinski definition) is 4. The summed E-state index contributed by atoms with van der Waals surface area (Å²) in [4.78, 5) is 40.1. The monoisotopic (exact) mass is 322 g/mol. The molecule has 3 aliphatic rings. The lowest BCUT2D eigenvalue weighted by molar-refractivity contribution is -0.134. The van der Waals surface area contributed by atoms with Crippen LogP contribution in [-0.2, 0) is 9.59 Å². The normalized spacial score (nSPS) is 29.7. The van der Waals surface area contributed by atoms with Gasteiger partial charge in [0.05, 0.1) is 0 Å². The molecule has 1 aliphatic carbocycles. The van der Waals surface area contributed by atoms with E-state index in [2.05, 4.69) is 5.32 Å². The summed E-state index contributed by atoms with van der Waals surface area (Å²) in [5.74, 6) is 0.205. The highest BCUT2D eigenvalue weighted by atomic mass is 16.2. The fourth-order valence-corrected chi connectivity index (χ4v) is 4.21. The van der Waals surface area contributed by atoms with Crippen molar-refractivity contribution in [3.63, 3.8) is 0 Å². The standard InChI is InChI=1S/C16H26N4O3/c1-11-8-12(9-17)10-20(11)13(21)4-7-19-14(22)16(18-15(19)23)5-2-3-6-16/h11-12H,2-10,17H2,1H3,(H,18,23). The van der Waals surface area contributed by atoms with E-state index < -0.39 is 5.54 Å². The number of urea groups is 1. The van der Waals surface area contributed by atoms with Crippen LogP contribution in [0.3, 0.4) is 0 Å². The molecule has 1 saturated carbocycles. The lowest BCUT2D eigenvalue weighted by Crippen LogP contribution is -2.44. The van der Waals surface area contributed by atoms with Gasteiger partial charge in [-0.3, -0.25) is 14.5 Å². The quantitative estimate of drug-likeness (QED) is 0.734. The molecule has 0 aromatic carbocycles. The summed E-state index contributed by atoms with van der Waals surface area (Å²) in [7, 11) is 0. The van der Waals surface area contributed by atoms with Crippen molar-refractivity contribution < 1.29 is 14.4 Å². The molecule has 0 bridgehead atoms. The zero-order chi connectivity index (χ0) is 16.6. The fraction of sp³-hybridized carbons (Fsp3) is 0.812. The average Bonchev–Trinajstić information content (AvgIpc) is 3.19. The van der Waals surface area contributed by atoms with Crippen molar-refractivity contribution in [2.75, 3.05) is 19.6 Å². The number of nitrogens with one attached hydrogen (secondary N) is 1. The van der Waals surface area contributed by atoms with Crippen molar-refractivity contribution in [3.05, 3.63) is 0 Å². The Morgan fingerprint density at radius 1 is 1.35 bits per heavy atom. The van der Waals surface area contributed by atoms with Gasteiger partial charge in [0.15, 0.2) is 0 Å². The third kappa shape index (κ3) is 2.82. The summed E-state index contributed by atoms with van der Waals surface area (Å²) in [5.41, 5.74) is 5.00. The molecule has 0 aromatic rings. The SMILES string of the molecule is CC1CC(CN)CN1C(=O)CCN1C(=O)NC2(CCCC2)C1=O. The Bertz CT molecular complexity index is 515. The van der Waals surface area contributed by atoms with Gasteiger partial charge in [-0.2, -0.15) is 0 Å². The maximum absolute atomic E-state index is 12.5. The highest BCUT2D eigenvalue weighted by Crippen LogP contribution is 2.35. The van der Waals surface area contributed by atoms with Gasteiger partial charge in [-0.1, -0.05) is 12.8 Å². The van der Waals surface area contributed by atoms with Crippen molar-refractivity contribution in [2.24, 2.45) is 11.7 Å². The van der Waals surface area contributed by atoms with E-state index in [4.69, 9.17) is 5.73 Å². The van der Waals surface area contributed by atoms with Gasteiger partial charge in [-0.05, 0) is 38.6 Å². The molecule has 7 heteroatoms. The predicted molar refractivity (Wildman–Crippen MR) is 84.4 cm³/mol. The second-order valence-corrected chi connectivity index (χ2v) is 7.16. The molecule has 4 amide bonds. The first-order valence-corrected chi connectivity index (χ1v) is 8.60. The largest absolute Gasteiger partial charge is 0.340 e. The first-order chi connectivity index (χ1) is 11.0. The minimum Gasteiger partial charge on any atom is -0.340 e. The molecule has 2 aliphatic heterocycles. The third-order valence-electron chi connectivity index (χ3n) is 5.57. The summed E-state index contributed by atoms with van der Waals surface area (Å²) < 4.78 is 0. The van der Waals surface area contributed by atoms with Gasteiger partial charge >= 0.3 is 6.03 Å². The van der Waals surface area contributed by atoms with Crippen LogP contribution in [0.25, 0.3) is 0 Å². The zero-order valence-corrected chi connectivity index (χ0v) is 13.7. The number of amides is 4. The summed E-state index contributed by atoms with van der Waals surface area (Å²) in [6, 6.07) is -0.167. The van der Waals surface area contributed by atoms with E-state index in [1.807, 2.05) is 11.8 Å². The van der Waals surface area contributed by atoms with E-state index in [0.29, 0.717) is 31.8 Å². The Morgan fingerprint density at radius 2 is 2.04 bits per heavy atom. The van der Waals surface area contributed by atoms with Crippen molar-refractivity contribution in [2.45, 2.75) is 57.0 Å². The van der Waals surface area contributed by atoms with E-state index in [1.165, 1.54) is 4.90 Å². The Morgan fingerprint density at radius 3 is 2.65 bits per heavy atom. The number of carbonyl (C=O) groups is 3. The number of rotatable bonds is 4. The molecule has 2 atom stereocenters. The van der Waals surface area contributed by atoms with Gasteiger partial charge in [0, 0.05) is 25.6 Å². The molecule has 3 N–H and O–H groups in total.